The van der Waals surface area contributed by atoms with Gasteiger partial charge in [-0.2, -0.15) is 0 Å². The molecule has 0 saturated carbocycles. The van der Waals surface area contributed by atoms with Crippen molar-refractivity contribution in [3.05, 3.63) is 70.1 Å². The Hall–Kier alpha value is -2.40. The van der Waals surface area contributed by atoms with E-state index in [0.717, 1.165) is 24.0 Å². The molecule has 1 N–H and O–H groups in total. The third kappa shape index (κ3) is 2.19. The molecule has 0 amide bonds. The molecule has 1 aliphatic rings. The summed E-state index contributed by atoms with van der Waals surface area (Å²) in [5.74, 6) is 0. The predicted octanol–water partition coefficient (Wildman–Crippen LogP) is 2.92. The lowest BCUT2D eigenvalue weighted by atomic mass is 10.1. The summed E-state index contributed by atoms with van der Waals surface area (Å²) in [7, 11) is -1.33. The van der Waals surface area contributed by atoms with Crippen LogP contribution in [0, 0.1) is 6.92 Å². The first-order valence-electron chi connectivity index (χ1n) is 7.55. The second-order valence-corrected chi connectivity index (χ2v) is 7.08. The van der Waals surface area contributed by atoms with Crippen LogP contribution < -0.4 is 9.86 Å². The molecule has 2 heterocycles. The number of anilines is 1. The third-order valence-electron chi connectivity index (χ3n) is 4.38. The molecule has 0 saturated heterocycles. The van der Waals surface area contributed by atoms with Crippen molar-refractivity contribution in [1.29, 1.82) is 0 Å². The lowest BCUT2D eigenvalue weighted by Gasteiger charge is -2.19. The topological polar surface area (TPSA) is 53.2 Å². The molecular weight excluding hydrogens is 308 g/mol. The quantitative estimate of drug-likeness (QED) is 0.788. The number of aryl methyl sites for hydroxylation is 1. The van der Waals surface area contributed by atoms with Crippen LogP contribution in [0.4, 0.5) is 5.69 Å². The van der Waals surface area contributed by atoms with Crippen molar-refractivity contribution in [2.45, 2.75) is 18.2 Å². The normalized spacial score (nSPS) is 14.9. The van der Waals surface area contributed by atoms with Gasteiger partial charge in [-0.15, -0.1) is 0 Å². The van der Waals surface area contributed by atoms with Gasteiger partial charge in [-0.1, -0.05) is 18.2 Å². The smallest absolute Gasteiger partial charge is 0.255 e. The molecule has 0 aliphatic carbocycles. The van der Waals surface area contributed by atoms with Gasteiger partial charge in [0, 0.05) is 23.5 Å². The molecule has 0 fully saturated rings. The summed E-state index contributed by atoms with van der Waals surface area (Å²) < 4.78 is 15.1. The van der Waals surface area contributed by atoms with E-state index >= 15 is 0 Å². The highest BCUT2D eigenvalue weighted by Crippen LogP contribution is 2.34. The van der Waals surface area contributed by atoms with Crippen LogP contribution in [0.3, 0.4) is 0 Å². The van der Waals surface area contributed by atoms with E-state index in [1.165, 1.54) is 11.1 Å². The summed E-state index contributed by atoms with van der Waals surface area (Å²) in [4.78, 5) is 15.3. The minimum Gasteiger partial charge on any atom is -0.329 e. The Bertz CT molecular complexity index is 994. The minimum absolute atomic E-state index is 0.154. The van der Waals surface area contributed by atoms with E-state index in [2.05, 4.69) is 18.0 Å². The standard InChI is InChI=1S/C18H16N2O2S/c1-12-4-2-6-16-13(12)9-11-20(16)23(22)17-7-3-5-15-14(17)8-10-19-18(15)21/h2-8,10H,9,11H2,1H3,(H,19,21). The van der Waals surface area contributed by atoms with Crippen LogP contribution in [-0.2, 0) is 17.4 Å². The Morgan fingerprint density at radius 2 is 1.91 bits per heavy atom. The zero-order valence-corrected chi connectivity index (χ0v) is 13.5. The highest BCUT2D eigenvalue weighted by molar-refractivity contribution is 7.86. The SMILES string of the molecule is Cc1cccc2c1CCN2S(=O)c1cccc2c(=O)[nH]ccc12. The fourth-order valence-electron chi connectivity index (χ4n) is 3.22. The van der Waals surface area contributed by atoms with Gasteiger partial charge in [0.1, 0.15) is 0 Å². The number of aromatic amines is 1. The molecular formula is C18H16N2O2S. The van der Waals surface area contributed by atoms with E-state index in [0.29, 0.717) is 10.3 Å². The summed E-state index contributed by atoms with van der Waals surface area (Å²) in [5.41, 5.74) is 3.37. The highest BCUT2D eigenvalue weighted by atomic mass is 32.2. The van der Waals surface area contributed by atoms with Crippen LogP contribution in [-0.4, -0.2) is 15.7 Å². The fraction of sp³-hybridized carbons (Fsp3) is 0.167. The third-order valence-corrected chi connectivity index (χ3v) is 5.89. The molecule has 4 nitrogen and oxygen atoms in total. The zero-order chi connectivity index (χ0) is 16.0. The summed E-state index contributed by atoms with van der Waals surface area (Å²) in [6.07, 6.45) is 2.51. The average Bonchev–Trinajstić information content (AvgIpc) is 3.00. The van der Waals surface area contributed by atoms with E-state index in [1.807, 2.05) is 28.6 Å². The van der Waals surface area contributed by atoms with Crippen LogP contribution in [0.2, 0.25) is 0 Å². The molecule has 3 aromatic rings. The fourth-order valence-corrected chi connectivity index (χ4v) is 4.62. The maximum Gasteiger partial charge on any atom is 0.255 e. The summed E-state index contributed by atoms with van der Waals surface area (Å²) in [5, 5.41) is 1.32. The maximum absolute atomic E-state index is 13.2. The summed E-state index contributed by atoms with van der Waals surface area (Å²) in [6, 6.07) is 13.3. The van der Waals surface area contributed by atoms with Crippen molar-refractivity contribution in [3.63, 3.8) is 0 Å². The number of benzene rings is 2. The van der Waals surface area contributed by atoms with Crippen molar-refractivity contribution < 1.29 is 4.21 Å². The molecule has 0 bridgehead atoms. The van der Waals surface area contributed by atoms with Crippen molar-refractivity contribution in [2.24, 2.45) is 0 Å². The molecule has 2 aromatic carbocycles. The molecule has 1 aromatic heterocycles. The average molecular weight is 324 g/mol. The van der Waals surface area contributed by atoms with Crippen LogP contribution in [0.1, 0.15) is 11.1 Å². The number of fused-ring (bicyclic) bond motifs is 2. The highest BCUT2D eigenvalue weighted by Gasteiger charge is 2.26. The van der Waals surface area contributed by atoms with Crippen LogP contribution in [0.25, 0.3) is 10.8 Å². The number of hydrogen-bond donors (Lipinski definition) is 1. The monoisotopic (exact) mass is 324 g/mol. The molecule has 1 unspecified atom stereocenters. The van der Waals surface area contributed by atoms with Gasteiger partial charge in [0.15, 0.2) is 11.0 Å². The maximum atomic E-state index is 13.2. The van der Waals surface area contributed by atoms with Gasteiger partial charge in [0.25, 0.3) is 5.56 Å². The van der Waals surface area contributed by atoms with E-state index in [1.54, 1.807) is 18.3 Å². The van der Waals surface area contributed by atoms with Gasteiger partial charge in [-0.05, 0) is 48.7 Å². The number of nitrogens with zero attached hydrogens (tertiary/aromatic N) is 1. The number of hydrogen-bond acceptors (Lipinski definition) is 2. The van der Waals surface area contributed by atoms with Gasteiger partial charge in [0.2, 0.25) is 0 Å². The second kappa shape index (κ2) is 5.35. The largest absolute Gasteiger partial charge is 0.329 e. The molecule has 0 radical (unpaired) electrons. The predicted molar refractivity (Wildman–Crippen MR) is 93.2 cm³/mol. The molecule has 5 heteroatoms. The van der Waals surface area contributed by atoms with Crippen LogP contribution >= 0.6 is 0 Å². The Kier molecular flexibility index (Phi) is 3.31. The van der Waals surface area contributed by atoms with Crippen LogP contribution in [0.15, 0.2) is 58.4 Å². The van der Waals surface area contributed by atoms with Gasteiger partial charge in [0.05, 0.1) is 10.6 Å². The number of H-pyrrole nitrogens is 1. The van der Waals surface area contributed by atoms with Crippen molar-refractivity contribution >= 4 is 27.4 Å². The first-order chi connectivity index (χ1) is 11.2. The second-order valence-electron chi connectivity index (χ2n) is 5.70. The van der Waals surface area contributed by atoms with Gasteiger partial charge < -0.3 is 4.98 Å². The summed E-state index contributed by atoms with van der Waals surface area (Å²) >= 11 is 0. The molecule has 23 heavy (non-hydrogen) atoms. The minimum atomic E-state index is -1.33. The zero-order valence-electron chi connectivity index (χ0n) is 12.7. The van der Waals surface area contributed by atoms with E-state index in [9.17, 15) is 9.00 Å². The first-order valence-corrected chi connectivity index (χ1v) is 8.66. The van der Waals surface area contributed by atoms with E-state index in [-0.39, 0.29) is 5.56 Å². The van der Waals surface area contributed by atoms with Crippen molar-refractivity contribution in [3.8, 4) is 0 Å². The Balaban J connectivity index is 1.85. The van der Waals surface area contributed by atoms with E-state index < -0.39 is 11.0 Å². The van der Waals surface area contributed by atoms with Gasteiger partial charge >= 0.3 is 0 Å². The lowest BCUT2D eigenvalue weighted by Crippen LogP contribution is -2.23. The van der Waals surface area contributed by atoms with Crippen molar-refractivity contribution in [1.82, 2.24) is 4.98 Å². The Morgan fingerprint density at radius 3 is 2.78 bits per heavy atom. The Labute approximate surface area is 136 Å². The van der Waals surface area contributed by atoms with Gasteiger partial charge in [-0.3, -0.25) is 9.10 Å². The summed E-state index contributed by atoms with van der Waals surface area (Å²) in [6.45, 7) is 2.81. The number of nitrogens with one attached hydrogen (secondary N) is 1. The lowest BCUT2D eigenvalue weighted by molar-refractivity contribution is 0.681. The van der Waals surface area contributed by atoms with Crippen LogP contribution in [0.5, 0.6) is 0 Å². The molecule has 116 valence electrons. The van der Waals surface area contributed by atoms with E-state index in [4.69, 9.17) is 0 Å². The van der Waals surface area contributed by atoms with Gasteiger partial charge in [-0.25, -0.2) is 4.21 Å². The molecule has 4 rings (SSSR count). The number of rotatable bonds is 2. The molecule has 0 spiro atoms. The Morgan fingerprint density at radius 1 is 1.09 bits per heavy atom. The first kappa shape index (κ1) is 14.2. The number of aromatic nitrogens is 1. The van der Waals surface area contributed by atoms with Crippen molar-refractivity contribution in [2.75, 3.05) is 10.8 Å². The molecule has 1 atom stereocenters. The molecule has 1 aliphatic heterocycles. The number of pyridine rings is 1.